The van der Waals surface area contributed by atoms with Crippen molar-refractivity contribution >= 4 is 50.5 Å². The molecular weight excluding hydrogens is 361 g/mol. The van der Waals surface area contributed by atoms with E-state index in [0.29, 0.717) is 5.02 Å². The molecule has 2 rings (SSSR count). The van der Waals surface area contributed by atoms with Gasteiger partial charge >= 0.3 is 0 Å². The summed E-state index contributed by atoms with van der Waals surface area (Å²) in [6.07, 6.45) is 1.12. The van der Waals surface area contributed by atoms with Gasteiger partial charge in [-0.25, -0.2) is 18.4 Å². The van der Waals surface area contributed by atoms with E-state index in [1.54, 1.807) is 0 Å². The van der Waals surface area contributed by atoms with Gasteiger partial charge in [0.15, 0.2) is 10.3 Å². The molecule has 0 radical (unpaired) electrons. The quantitative estimate of drug-likeness (QED) is 0.838. The lowest BCUT2D eigenvalue weighted by atomic mass is 10.3. The predicted octanol–water partition coefficient (Wildman–Crippen LogP) is 3.25. The molecule has 1 aromatic heterocycles. The van der Waals surface area contributed by atoms with Crippen molar-refractivity contribution in [2.45, 2.75) is 4.90 Å². The monoisotopic (exact) mass is 367 g/mol. The summed E-state index contributed by atoms with van der Waals surface area (Å²) in [6.45, 7) is 0. The van der Waals surface area contributed by atoms with E-state index < -0.39 is 10.0 Å². The molecule has 0 saturated carbocycles. The van der Waals surface area contributed by atoms with Crippen molar-refractivity contribution in [3.63, 3.8) is 0 Å². The molecule has 1 aromatic carbocycles. The van der Waals surface area contributed by atoms with Crippen LogP contribution < -0.4 is 9.46 Å². The molecule has 21 heavy (non-hydrogen) atoms. The number of halogens is 3. The van der Waals surface area contributed by atoms with E-state index in [0.717, 1.165) is 6.33 Å². The summed E-state index contributed by atoms with van der Waals surface area (Å²) in [5, 5.41) is 0.0999. The number of hydrogen-bond acceptors (Lipinski definition) is 5. The number of aromatic nitrogens is 2. The Morgan fingerprint density at radius 2 is 1.76 bits per heavy atom. The van der Waals surface area contributed by atoms with Gasteiger partial charge in [-0.15, -0.1) is 0 Å². The number of sulfonamides is 1. The Morgan fingerprint density at radius 1 is 1.14 bits per heavy atom. The van der Waals surface area contributed by atoms with E-state index in [2.05, 4.69) is 14.7 Å². The Hall–Kier alpha value is -1.28. The molecule has 10 heteroatoms. The summed E-state index contributed by atoms with van der Waals surface area (Å²) >= 11 is 17.4. The SMILES string of the molecule is COc1cc(Cl)ccc1S(=O)(=O)Nc1c(Cl)ncnc1Cl. The van der Waals surface area contributed by atoms with Gasteiger partial charge in [0.25, 0.3) is 10.0 Å². The third kappa shape index (κ3) is 3.49. The second-order valence-electron chi connectivity index (χ2n) is 3.73. The van der Waals surface area contributed by atoms with Crippen LogP contribution in [-0.2, 0) is 10.0 Å². The highest BCUT2D eigenvalue weighted by Crippen LogP contribution is 2.32. The lowest BCUT2D eigenvalue weighted by Gasteiger charge is -2.12. The van der Waals surface area contributed by atoms with Crippen LogP contribution in [0.5, 0.6) is 5.75 Å². The van der Waals surface area contributed by atoms with Crippen molar-refractivity contribution in [2.24, 2.45) is 0 Å². The lowest BCUT2D eigenvalue weighted by Crippen LogP contribution is -2.15. The van der Waals surface area contributed by atoms with Crippen molar-refractivity contribution in [2.75, 3.05) is 11.8 Å². The summed E-state index contributed by atoms with van der Waals surface area (Å²) < 4.78 is 32.0. The van der Waals surface area contributed by atoms with Crippen LogP contribution in [0.1, 0.15) is 0 Å². The fourth-order valence-corrected chi connectivity index (χ4v) is 3.39. The average Bonchev–Trinajstić information content (AvgIpc) is 2.42. The number of hydrogen-bond donors (Lipinski definition) is 1. The molecule has 112 valence electrons. The van der Waals surface area contributed by atoms with Gasteiger partial charge in [0.1, 0.15) is 22.7 Å². The van der Waals surface area contributed by atoms with E-state index in [1.807, 2.05) is 0 Å². The first-order valence-electron chi connectivity index (χ1n) is 5.37. The molecule has 2 aromatic rings. The molecule has 0 unspecified atom stereocenters. The van der Waals surface area contributed by atoms with Crippen LogP contribution in [0, 0.1) is 0 Å². The number of ether oxygens (including phenoxy) is 1. The van der Waals surface area contributed by atoms with Gasteiger partial charge < -0.3 is 4.74 Å². The zero-order valence-corrected chi connectivity index (χ0v) is 13.6. The molecule has 0 aliphatic rings. The minimum Gasteiger partial charge on any atom is -0.495 e. The number of nitrogens with zero attached hydrogens (tertiary/aromatic N) is 2. The molecule has 1 N–H and O–H groups in total. The van der Waals surface area contributed by atoms with Crippen LogP contribution >= 0.6 is 34.8 Å². The summed E-state index contributed by atoms with van der Waals surface area (Å²) in [5.74, 6) is 0.0825. The van der Waals surface area contributed by atoms with E-state index in [9.17, 15) is 8.42 Å². The molecule has 0 saturated heterocycles. The molecule has 0 aliphatic heterocycles. The van der Waals surface area contributed by atoms with Gasteiger partial charge in [-0.05, 0) is 12.1 Å². The minimum atomic E-state index is -4.00. The standard InChI is InChI=1S/C11H8Cl3N3O3S/c1-20-7-4-6(12)2-3-8(7)21(18,19)17-9-10(13)15-5-16-11(9)14/h2-5,17H,1H3. The number of methoxy groups -OCH3 is 1. The molecule has 0 aliphatic carbocycles. The molecule has 1 heterocycles. The number of benzene rings is 1. The summed E-state index contributed by atoms with van der Waals surface area (Å²) in [7, 11) is -2.67. The molecular formula is C11H8Cl3N3O3S. The molecule has 0 bridgehead atoms. The van der Waals surface area contributed by atoms with Crippen molar-refractivity contribution < 1.29 is 13.2 Å². The highest BCUT2D eigenvalue weighted by molar-refractivity contribution is 7.92. The lowest BCUT2D eigenvalue weighted by molar-refractivity contribution is 0.403. The van der Waals surface area contributed by atoms with Crippen LogP contribution in [0.25, 0.3) is 0 Å². The first kappa shape index (κ1) is 16.1. The van der Waals surface area contributed by atoms with E-state index in [1.165, 1.54) is 25.3 Å². The van der Waals surface area contributed by atoms with E-state index in [4.69, 9.17) is 39.5 Å². The Kier molecular flexibility index (Phi) is 4.77. The Bertz CT molecular complexity index is 763. The van der Waals surface area contributed by atoms with Gasteiger partial charge in [-0.1, -0.05) is 34.8 Å². The maximum atomic E-state index is 12.4. The van der Waals surface area contributed by atoms with Crippen LogP contribution in [0.2, 0.25) is 15.3 Å². The van der Waals surface area contributed by atoms with Crippen LogP contribution in [0.15, 0.2) is 29.4 Å². The predicted molar refractivity (Wildman–Crippen MR) is 80.9 cm³/mol. The van der Waals surface area contributed by atoms with Crippen LogP contribution in [0.3, 0.4) is 0 Å². The highest BCUT2D eigenvalue weighted by atomic mass is 35.5. The maximum absolute atomic E-state index is 12.4. The fraction of sp³-hybridized carbons (Fsp3) is 0.0909. The molecule has 0 fully saturated rings. The van der Waals surface area contributed by atoms with Crippen molar-refractivity contribution in [3.8, 4) is 5.75 Å². The summed E-state index contributed by atoms with van der Waals surface area (Å²) in [4.78, 5) is 7.21. The van der Waals surface area contributed by atoms with Gasteiger partial charge in [0.05, 0.1) is 7.11 Å². The van der Waals surface area contributed by atoms with E-state index in [-0.39, 0.29) is 26.6 Å². The van der Waals surface area contributed by atoms with Crippen LogP contribution in [0.4, 0.5) is 5.69 Å². The highest BCUT2D eigenvalue weighted by Gasteiger charge is 2.23. The van der Waals surface area contributed by atoms with Crippen molar-refractivity contribution in [1.29, 1.82) is 0 Å². The van der Waals surface area contributed by atoms with Crippen molar-refractivity contribution in [3.05, 3.63) is 39.9 Å². The Labute approximate surface area is 136 Å². The Balaban J connectivity index is 2.49. The zero-order chi connectivity index (χ0) is 15.6. The normalized spacial score (nSPS) is 11.2. The second kappa shape index (κ2) is 6.23. The maximum Gasteiger partial charge on any atom is 0.265 e. The largest absolute Gasteiger partial charge is 0.495 e. The van der Waals surface area contributed by atoms with Crippen molar-refractivity contribution in [1.82, 2.24) is 9.97 Å². The van der Waals surface area contributed by atoms with Gasteiger partial charge in [0.2, 0.25) is 0 Å². The Morgan fingerprint density at radius 3 is 2.33 bits per heavy atom. The molecule has 0 spiro atoms. The molecule has 0 atom stereocenters. The third-order valence-corrected chi connectivity index (χ3v) is 4.60. The minimum absolute atomic E-state index is 0.0825. The van der Waals surface area contributed by atoms with Crippen LogP contribution in [-0.4, -0.2) is 25.5 Å². The second-order valence-corrected chi connectivity index (χ2v) is 6.53. The summed E-state index contributed by atoms with van der Waals surface area (Å²) in [6, 6.07) is 4.10. The van der Waals surface area contributed by atoms with Gasteiger partial charge in [0, 0.05) is 11.1 Å². The zero-order valence-electron chi connectivity index (χ0n) is 10.5. The summed E-state index contributed by atoms with van der Waals surface area (Å²) in [5.41, 5.74) is -0.113. The first-order chi connectivity index (χ1) is 9.85. The number of anilines is 1. The third-order valence-electron chi connectivity index (χ3n) is 2.41. The number of nitrogens with one attached hydrogen (secondary N) is 1. The van der Waals surface area contributed by atoms with Gasteiger partial charge in [-0.2, -0.15) is 0 Å². The van der Waals surface area contributed by atoms with E-state index >= 15 is 0 Å². The first-order valence-corrected chi connectivity index (χ1v) is 7.99. The smallest absolute Gasteiger partial charge is 0.265 e. The van der Waals surface area contributed by atoms with Gasteiger partial charge in [-0.3, -0.25) is 4.72 Å². The molecule has 6 nitrogen and oxygen atoms in total. The average molecular weight is 369 g/mol. The number of rotatable bonds is 4. The molecule has 0 amide bonds. The fourth-order valence-electron chi connectivity index (χ4n) is 1.48. The topological polar surface area (TPSA) is 81.2 Å².